The van der Waals surface area contributed by atoms with Crippen LogP contribution in [0.2, 0.25) is 0 Å². The van der Waals surface area contributed by atoms with Crippen molar-refractivity contribution in [1.29, 1.82) is 0 Å². The van der Waals surface area contributed by atoms with E-state index in [0.717, 1.165) is 6.04 Å². The van der Waals surface area contributed by atoms with Crippen LogP contribution < -0.4 is 0 Å². The maximum atomic E-state index is 2.79. The molecule has 0 bridgehead atoms. The summed E-state index contributed by atoms with van der Waals surface area (Å²) >= 11 is 2.15. The second kappa shape index (κ2) is 6.15. The summed E-state index contributed by atoms with van der Waals surface area (Å²) in [7, 11) is 0. The van der Waals surface area contributed by atoms with E-state index in [2.05, 4.69) is 42.0 Å². The summed E-state index contributed by atoms with van der Waals surface area (Å²) in [4.78, 5) is 5.35. The van der Waals surface area contributed by atoms with Crippen molar-refractivity contribution in [1.82, 2.24) is 9.80 Å². The van der Waals surface area contributed by atoms with Crippen molar-refractivity contribution in [3.63, 3.8) is 0 Å². The molecule has 1 spiro atoms. The largest absolute Gasteiger partial charge is 0.454 e. The van der Waals surface area contributed by atoms with Crippen molar-refractivity contribution in [2.24, 2.45) is 5.41 Å². The van der Waals surface area contributed by atoms with Crippen LogP contribution in [0.15, 0.2) is 0 Å². The van der Waals surface area contributed by atoms with Gasteiger partial charge in [0, 0.05) is 18.3 Å². The molecule has 0 aliphatic carbocycles. The van der Waals surface area contributed by atoms with Crippen molar-refractivity contribution in [3.05, 3.63) is 14.0 Å². The van der Waals surface area contributed by atoms with Gasteiger partial charge in [-0.2, -0.15) is 18.2 Å². The molecule has 19 heavy (non-hydrogen) atoms. The number of nitrogens with zero attached hydrogens (tertiary/aromatic N) is 2. The van der Waals surface area contributed by atoms with Gasteiger partial charge in [-0.1, -0.05) is 13.8 Å². The van der Waals surface area contributed by atoms with Crippen LogP contribution in [0.3, 0.4) is 0 Å². The van der Waals surface area contributed by atoms with Crippen molar-refractivity contribution < 1.29 is 0 Å². The predicted molar refractivity (Wildman–Crippen MR) is 81.5 cm³/mol. The second-order valence-corrected chi connectivity index (χ2v) is 7.54. The Kier molecular flexibility index (Phi) is 5.28. The van der Waals surface area contributed by atoms with Crippen LogP contribution in [0.5, 0.6) is 0 Å². The van der Waals surface area contributed by atoms with Crippen LogP contribution in [0.25, 0.3) is 0 Å². The summed E-state index contributed by atoms with van der Waals surface area (Å²) in [5, 5.41) is 0. The molecule has 2 atom stereocenters. The molecule has 0 aromatic carbocycles. The quantitative estimate of drug-likeness (QED) is 0.519. The molecule has 0 aromatic heterocycles. The molecule has 3 heterocycles. The fourth-order valence-corrected chi connectivity index (χ4v) is 4.86. The number of rotatable bonds is 2. The number of hydrogen-bond donors (Lipinski definition) is 0. The molecule has 0 radical (unpaired) electrons. The van der Waals surface area contributed by atoms with Gasteiger partial charge in [-0.05, 0) is 43.1 Å². The third-order valence-electron chi connectivity index (χ3n) is 4.83. The SMILES string of the molecule is CC(C)N1[CH-]CC2(CCN(C3CCSC3)C2)C1.[CH3-].[Cf]. The first-order valence-electron chi connectivity index (χ1n) is 7.09. The molecule has 3 rings (SSSR count). The maximum Gasteiger partial charge on any atom is 0.0194 e. The zero-order valence-electron chi connectivity index (χ0n) is 12.5. The summed E-state index contributed by atoms with van der Waals surface area (Å²) < 4.78 is 0. The predicted octanol–water partition coefficient (Wildman–Crippen LogP) is 2.91. The van der Waals surface area contributed by atoms with E-state index in [0.29, 0.717) is 11.5 Å². The topological polar surface area (TPSA) is 6.48 Å². The standard InChI is InChI=1S/C14H25N2S.CH3.Cf/c1-12(2)15-6-4-14(10-15)5-7-16(11-14)13-3-8-17-9-13;;/h6,12-13H,3-5,7-11H2,1-2H3;1H3;/q2*-1;. The first-order chi connectivity index (χ1) is 8.19. The second-order valence-electron chi connectivity index (χ2n) is 6.39. The van der Waals surface area contributed by atoms with Gasteiger partial charge in [0.15, 0.2) is 0 Å². The first-order valence-corrected chi connectivity index (χ1v) is 8.25. The monoisotopic (exact) mass is 517 g/mol. The van der Waals surface area contributed by atoms with Crippen molar-refractivity contribution in [2.45, 2.75) is 45.2 Å². The molecular weight excluding hydrogens is 491 g/mol. The van der Waals surface area contributed by atoms with E-state index in [1.54, 1.807) is 0 Å². The van der Waals surface area contributed by atoms with E-state index in [1.807, 2.05) is 0 Å². The van der Waals surface area contributed by atoms with E-state index in [4.69, 9.17) is 0 Å². The van der Waals surface area contributed by atoms with E-state index < -0.39 is 0 Å². The summed E-state index contributed by atoms with van der Waals surface area (Å²) in [6, 6.07) is 1.58. The molecule has 0 saturated carbocycles. The molecule has 3 saturated heterocycles. The van der Waals surface area contributed by atoms with Gasteiger partial charge in [-0.3, -0.25) is 11.4 Å². The Hall–Kier alpha value is -0.730. The Balaban J connectivity index is 0.000000902. The minimum Gasteiger partial charge on any atom is -0.454 e. The van der Waals surface area contributed by atoms with Gasteiger partial charge in [0.2, 0.25) is 0 Å². The number of likely N-dealkylation sites (tertiary alicyclic amines) is 2. The molecule has 3 aliphatic heterocycles. The third kappa shape index (κ3) is 3.06. The van der Waals surface area contributed by atoms with Crippen LogP contribution >= 0.6 is 11.8 Å². The molecular formula is C15H28CfN2S-2. The van der Waals surface area contributed by atoms with E-state index >= 15 is 0 Å². The summed E-state index contributed by atoms with van der Waals surface area (Å²) in [6.45, 7) is 11.1. The average Bonchev–Trinajstić information content (AvgIpc) is 3.01. The van der Waals surface area contributed by atoms with Crippen LogP contribution in [-0.4, -0.2) is 53.0 Å². The maximum absolute atomic E-state index is 2.79. The van der Waals surface area contributed by atoms with Gasteiger partial charge in [-0.25, -0.2) is 0 Å². The Morgan fingerprint density at radius 1 is 1.32 bits per heavy atom. The average molecular weight is 519 g/mol. The van der Waals surface area contributed by atoms with Crippen LogP contribution in [0.1, 0.15) is 33.1 Å². The van der Waals surface area contributed by atoms with Crippen LogP contribution in [0.4, 0.5) is 0 Å². The van der Waals surface area contributed by atoms with Gasteiger partial charge in [0.05, 0.1) is 0 Å². The molecule has 4 heteroatoms. The Labute approximate surface area is 117 Å². The summed E-state index contributed by atoms with van der Waals surface area (Å²) in [6.07, 6.45) is 4.17. The Morgan fingerprint density at radius 3 is 2.68 bits per heavy atom. The normalized spacial score (nSPS) is 35.8. The summed E-state index contributed by atoms with van der Waals surface area (Å²) in [5.41, 5.74) is 0.609. The summed E-state index contributed by atoms with van der Waals surface area (Å²) in [5.74, 6) is 2.77. The smallest absolute Gasteiger partial charge is 0.0194 e. The fourth-order valence-electron chi connectivity index (χ4n) is 3.61. The Morgan fingerprint density at radius 2 is 2.11 bits per heavy atom. The van der Waals surface area contributed by atoms with Crippen molar-refractivity contribution in [2.75, 3.05) is 31.1 Å². The van der Waals surface area contributed by atoms with E-state index in [9.17, 15) is 0 Å². The van der Waals surface area contributed by atoms with E-state index in [1.165, 1.54) is 50.4 Å². The minimum absolute atomic E-state index is 0. The minimum atomic E-state index is 0. The first kappa shape index (κ1) is 16.3. The molecule has 116 valence electrons. The van der Waals surface area contributed by atoms with Gasteiger partial charge >= 0.3 is 0 Å². The van der Waals surface area contributed by atoms with Crippen LogP contribution in [-0.2, 0) is 0 Å². The zero-order valence-corrected chi connectivity index (χ0v) is 16.0. The number of hydrogen-bond acceptors (Lipinski definition) is 3. The molecule has 2 unspecified atom stereocenters. The van der Waals surface area contributed by atoms with Crippen molar-refractivity contribution >= 4 is 11.8 Å². The van der Waals surface area contributed by atoms with Crippen LogP contribution in [0, 0.1) is 19.4 Å². The molecule has 3 aliphatic rings. The van der Waals surface area contributed by atoms with E-state index in [-0.39, 0.29) is 7.43 Å². The molecule has 0 aromatic rings. The van der Waals surface area contributed by atoms with Gasteiger partial charge in [0.25, 0.3) is 0 Å². The van der Waals surface area contributed by atoms with Gasteiger partial charge in [0.1, 0.15) is 0 Å². The molecule has 3 fully saturated rings. The third-order valence-corrected chi connectivity index (χ3v) is 5.97. The van der Waals surface area contributed by atoms with Gasteiger partial charge < -0.3 is 12.3 Å². The molecule has 0 amide bonds. The van der Waals surface area contributed by atoms with Gasteiger partial charge in [-0.15, -0.1) is 0 Å². The number of thioether (sulfide) groups is 1. The molecule has 0 N–H and O–H groups in total. The fraction of sp³-hybridized carbons (Fsp3) is 0.867. The molecule has 2 nitrogen and oxygen atoms in total. The Bertz CT molecular complexity index is 281. The zero-order chi connectivity index (χ0) is 11.9. The van der Waals surface area contributed by atoms with Crippen molar-refractivity contribution in [3.8, 4) is 0 Å².